The van der Waals surface area contributed by atoms with Crippen LogP contribution in [0.1, 0.15) is 18.0 Å². The Morgan fingerprint density at radius 1 is 1.21 bits per heavy atom. The molecule has 2 aromatic carbocycles. The number of urea groups is 1. The zero-order valence-corrected chi connectivity index (χ0v) is 15.5. The topological polar surface area (TPSA) is 79.6 Å². The minimum absolute atomic E-state index is 0.00278. The van der Waals surface area contributed by atoms with Crippen molar-refractivity contribution in [3.05, 3.63) is 59.7 Å². The second-order valence-electron chi connectivity index (χ2n) is 6.65. The molecule has 1 fully saturated rings. The fourth-order valence-corrected chi connectivity index (χ4v) is 3.30. The molecular formula is C20H24F2N4O2. The van der Waals surface area contributed by atoms with Gasteiger partial charge in [-0.3, -0.25) is 4.90 Å². The Morgan fingerprint density at radius 2 is 2.00 bits per heavy atom. The van der Waals surface area contributed by atoms with Gasteiger partial charge in [0.25, 0.3) is 0 Å². The van der Waals surface area contributed by atoms with Gasteiger partial charge in [-0.15, -0.1) is 0 Å². The van der Waals surface area contributed by atoms with Gasteiger partial charge in [-0.2, -0.15) is 0 Å². The third-order valence-electron chi connectivity index (χ3n) is 4.66. The van der Waals surface area contributed by atoms with Crippen molar-refractivity contribution in [3.63, 3.8) is 0 Å². The molecule has 8 heteroatoms. The molecule has 0 spiro atoms. The molecule has 1 atom stereocenters. The number of halogens is 2. The van der Waals surface area contributed by atoms with E-state index >= 15 is 0 Å². The van der Waals surface area contributed by atoms with Gasteiger partial charge in [-0.1, -0.05) is 6.07 Å². The summed E-state index contributed by atoms with van der Waals surface area (Å²) in [5.41, 5.74) is 6.45. The van der Waals surface area contributed by atoms with Crippen molar-refractivity contribution in [2.75, 3.05) is 38.1 Å². The number of nitrogens with one attached hydrogen (secondary N) is 2. The fraction of sp³-hybridized carbons (Fsp3) is 0.350. The number of amides is 2. The van der Waals surface area contributed by atoms with Gasteiger partial charge in [0.2, 0.25) is 0 Å². The Balaban J connectivity index is 1.49. The minimum atomic E-state index is -0.829. The molecule has 6 nitrogen and oxygen atoms in total. The van der Waals surface area contributed by atoms with Gasteiger partial charge in [0.1, 0.15) is 5.75 Å². The number of anilines is 1. The van der Waals surface area contributed by atoms with Crippen LogP contribution < -0.4 is 21.1 Å². The summed E-state index contributed by atoms with van der Waals surface area (Å²) in [6.45, 7) is 3.69. The summed E-state index contributed by atoms with van der Waals surface area (Å²) in [4.78, 5) is 13.1. The summed E-state index contributed by atoms with van der Waals surface area (Å²) < 4.78 is 32.5. The van der Waals surface area contributed by atoms with Crippen LogP contribution in [0.25, 0.3) is 0 Å². The zero-order valence-electron chi connectivity index (χ0n) is 15.5. The molecule has 2 amide bonds. The van der Waals surface area contributed by atoms with E-state index in [4.69, 9.17) is 10.5 Å². The van der Waals surface area contributed by atoms with Crippen LogP contribution in [0.4, 0.5) is 19.3 Å². The summed E-state index contributed by atoms with van der Waals surface area (Å²) in [5, 5.41) is 5.80. The third-order valence-corrected chi connectivity index (χ3v) is 4.66. The van der Waals surface area contributed by atoms with E-state index in [2.05, 4.69) is 15.5 Å². The van der Waals surface area contributed by atoms with Crippen LogP contribution in [-0.4, -0.2) is 43.7 Å². The maximum atomic E-state index is 13.6. The predicted octanol–water partition coefficient (Wildman–Crippen LogP) is 2.87. The van der Waals surface area contributed by atoms with E-state index in [-0.39, 0.29) is 6.04 Å². The molecule has 1 heterocycles. The fourth-order valence-electron chi connectivity index (χ4n) is 3.30. The van der Waals surface area contributed by atoms with Gasteiger partial charge < -0.3 is 21.1 Å². The number of nitrogens with two attached hydrogens (primary N) is 1. The second-order valence-corrected chi connectivity index (χ2v) is 6.65. The van der Waals surface area contributed by atoms with Crippen molar-refractivity contribution in [1.82, 2.24) is 10.2 Å². The van der Waals surface area contributed by atoms with E-state index < -0.39 is 17.7 Å². The van der Waals surface area contributed by atoms with Crippen molar-refractivity contribution in [2.45, 2.75) is 12.5 Å². The summed E-state index contributed by atoms with van der Waals surface area (Å²) in [7, 11) is 0. The first kappa shape index (κ1) is 20.0. The van der Waals surface area contributed by atoms with Gasteiger partial charge in [0.05, 0.1) is 6.61 Å². The molecule has 3 rings (SSSR count). The van der Waals surface area contributed by atoms with Crippen LogP contribution in [0.15, 0.2) is 42.5 Å². The molecule has 1 aliphatic heterocycles. The van der Waals surface area contributed by atoms with Crippen LogP contribution in [0.2, 0.25) is 0 Å². The smallest absolute Gasteiger partial charge is 0.316 e. The molecule has 0 bridgehead atoms. The number of nitrogens with zero attached hydrogens (tertiary/aromatic N) is 1. The van der Waals surface area contributed by atoms with Gasteiger partial charge in [0, 0.05) is 37.9 Å². The normalized spacial score (nSPS) is 17.3. The van der Waals surface area contributed by atoms with Crippen molar-refractivity contribution in [3.8, 4) is 5.75 Å². The predicted molar refractivity (Wildman–Crippen MR) is 103 cm³/mol. The van der Waals surface area contributed by atoms with Gasteiger partial charge in [0.15, 0.2) is 11.6 Å². The first-order valence-corrected chi connectivity index (χ1v) is 9.22. The Kier molecular flexibility index (Phi) is 6.78. The minimum Gasteiger partial charge on any atom is -0.494 e. The average Bonchev–Trinajstić information content (AvgIpc) is 2.68. The zero-order chi connectivity index (χ0) is 19.9. The summed E-state index contributed by atoms with van der Waals surface area (Å²) in [5.74, 6) is -0.947. The molecule has 1 aliphatic rings. The van der Waals surface area contributed by atoms with Crippen LogP contribution in [-0.2, 0) is 0 Å². The van der Waals surface area contributed by atoms with E-state index in [1.54, 1.807) is 30.3 Å². The van der Waals surface area contributed by atoms with Gasteiger partial charge in [-0.05, 0) is 48.4 Å². The Hall–Kier alpha value is -2.71. The van der Waals surface area contributed by atoms with Gasteiger partial charge >= 0.3 is 6.03 Å². The number of primary amides is 1. The number of ether oxygens (including phenoxy) is 1. The number of rotatable bonds is 7. The first-order chi connectivity index (χ1) is 13.5. The van der Waals surface area contributed by atoms with Crippen molar-refractivity contribution in [2.24, 2.45) is 5.73 Å². The van der Waals surface area contributed by atoms with E-state index in [9.17, 15) is 13.6 Å². The molecule has 4 N–H and O–H groups in total. The molecule has 0 radical (unpaired) electrons. The number of carbonyl (C=O) groups excluding carboxylic acids is 1. The highest BCUT2D eigenvalue weighted by molar-refractivity contribution is 5.87. The average molecular weight is 390 g/mol. The van der Waals surface area contributed by atoms with Crippen LogP contribution in [0, 0.1) is 11.6 Å². The Labute approximate surface area is 162 Å². The Bertz CT molecular complexity index is 801. The number of hydrogen-bond donors (Lipinski definition) is 3. The molecule has 150 valence electrons. The highest BCUT2D eigenvalue weighted by atomic mass is 19.2. The highest BCUT2D eigenvalue weighted by Crippen LogP contribution is 2.24. The number of piperazine rings is 1. The molecule has 0 aromatic heterocycles. The van der Waals surface area contributed by atoms with E-state index in [1.807, 2.05) is 0 Å². The van der Waals surface area contributed by atoms with Gasteiger partial charge in [-0.25, -0.2) is 13.6 Å². The molecule has 1 unspecified atom stereocenters. The lowest BCUT2D eigenvalue weighted by atomic mass is 10.0. The maximum absolute atomic E-state index is 13.6. The molecule has 0 aliphatic carbocycles. The lowest BCUT2D eigenvalue weighted by molar-refractivity contribution is 0.149. The van der Waals surface area contributed by atoms with Crippen molar-refractivity contribution >= 4 is 11.7 Å². The molecular weight excluding hydrogens is 366 g/mol. The van der Waals surface area contributed by atoms with E-state index in [1.165, 1.54) is 12.1 Å². The van der Waals surface area contributed by atoms with Crippen molar-refractivity contribution in [1.29, 1.82) is 0 Å². The van der Waals surface area contributed by atoms with Crippen LogP contribution in [0.3, 0.4) is 0 Å². The number of carbonyl (C=O) groups is 1. The number of benzene rings is 2. The van der Waals surface area contributed by atoms with Crippen molar-refractivity contribution < 1.29 is 18.3 Å². The SMILES string of the molecule is NC(=O)Nc1ccc(OCCCN2CCNCC2c2ccc(F)c(F)c2)cc1. The maximum Gasteiger partial charge on any atom is 0.316 e. The highest BCUT2D eigenvalue weighted by Gasteiger charge is 2.24. The van der Waals surface area contributed by atoms with E-state index in [0.717, 1.165) is 31.6 Å². The second kappa shape index (κ2) is 9.48. The molecule has 2 aromatic rings. The standard InChI is InChI=1S/C20H24F2N4O2/c21-17-7-2-14(12-18(17)22)19-13-24-8-10-26(19)9-1-11-28-16-5-3-15(4-6-16)25-20(23)27/h2-7,12,19,24H,1,8-11,13H2,(H3,23,25,27). The molecule has 0 saturated carbocycles. The van der Waals surface area contributed by atoms with E-state index in [0.29, 0.717) is 24.6 Å². The molecule has 28 heavy (non-hydrogen) atoms. The quantitative estimate of drug-likeness (QED) is 0.635. The first-order valence-electron chi connectivity index (χ1n) is 9.22. The Morgan fingerprint density at radius 3 is 2.71 bits per heavy atom. The summed E-state index contributed by atoms with van der Waals surface area (Å²) in [6, 6.07) is 10.4. The lowest BCUT2D eigenvalue weighted by Gasteiger charge is -2.36. The monoisotopic (exact) mass is 390 g/mol. The molecule has 1 saturated heterocycles. The largest absolute Gasteiger partial charge is 0.494 e. The summed E-state index contributed by atoms with van der Waals surface area (Å²) in [6.07, 6.45) is 0.793. The van der Waals surface area contributed by atoms with Crippen LogP contribution >= 0.6 is 0 Å². The number of hydrogen-bond acceptors (Lipinski definition) is 4. The van der Waals surface area contributed by atoms with Crippen LogP contribution in [0.5, 0.6) is 5.75 Å². The lowest BCUT2D eigenvalue weighted by Crippen LogP contribution is -2.46. The third kappa shape index (κ3) is 5.40. The summed E-state index contributed by atoms with van der Waals surface area (Å²) >= 11 is 0.